The van der Waals surface area contributed by atoms with E-state index in [1.54, 1.807) is 10.9 Å². The molecule has 1 aliphatic rings. The van der Waals surface area contributed by atoms with E-state index < -0.39 is 0 Å². The van der Waals surface area contributed by atoms with Crippen LogP contribution in [0.4, 0.5) is 0 Å². The minimum absolute atomic E-state index is 0.0915. The maximum absolute atomic E-state index is 11.9. The van der Waals surface area contributed by atoms with E-state index in [0.717, 1.165) is 24.3 Å². The third-order valence-electron chi connectivity index (χ3n) is 3.34. The van der Waals surface area contributed by atoms with Crippen LogP contribution in [0.25, 0.3) is 0 Å². The van der Waals surface area contributed by atoms with Gasteiger partial charge in [0.05, 0.1) is 25.5 Å². The van der Waals surface area contributed by atoms with Gasteiger partial charge in [-0.15, -0.1) is 15.3 Å². The molecule has 23 heavy (non-hydrogen) atoms. The van der Waals surface area contributed by atoms with Crippen molar-refractivity contribution in [3.63, 3.8) is 0 Å². The Morgan fingerprint density at radius 1 is 1.39 bits per heavy atom. The Balaban J connectivity index is 1.40. The molecule has 0 aliphatic carbocycles. The van der Waals surface area contributed by atoms with Gasteiger partial charge in [-0.25, -0.2) is 0 Å². The Kier molecular flexibility index (Phi) is 5.03. The van der Waals surface area contributed by atoms with Crippen molar-refractivity contribution in [2.24, 2.45) is 0 Å². The van der Waals surface area contributed by atoms with E-state index >= 15 is 0 Å². The van der Waals surface area contributed by atoms with E-state index in [0.29, 0.717) is 36.7 Å². The zero-order valence-corrected chi connectivity index (χ0v) is 13.2. The minimum atomic E-state index is -0.189. The van der Waals surface area contributed by atoms with Gasteiger partial charge >= 0.3 is 0 Å². The standard InChI is InChI=1S/C13H16N6O3S/c20-6-9-5-19(18-15-9)4-2-1-3-11-16-17-13(23-11)12(21)14-10-7-22-8-10/h5-6,10H,1-4,7-8H2,(H,14,21). The molecule has 1 fully saturated rings. The first-order chi connectivity index (χ1) is 11.2. The third kappa shape index (κ3) is 4.17. The maximum atomic E-state index is 11.9. The van der Waals surface area contributed by atoms with Crippen LogP contribution in [0.3, 0.4) is 0 Å². The van der Waals surface area contributed by atoms with Crippen LogP contribution < -0.4 is 5.32 Å². The summed E-state index contributed by atoms with van der Waals surface area (Å²) in [7, 11) is 0. The van der Waals surface area contributed by atoms with E-state index in [2.05, 4.69) is 25.8 Å². The maximum Gasteiger partial charge on any atom is 0.282 e. The van der Waals surface area contributed by atoms with Gasteiger partial charge in [-0.3, -0.25) is 14.3 Å². The van der Waals surface area contributed by atoms with Crippen LogP contribution in [0, 0.1) is 0 Å². The fourth-order valence-electron chi connectivity index (χ4n) is 2.04. The SMILES string of the molecule is O=Cc1cn(CCCCc2nnc(C(=O)NC3COC3)s2)nn1. The molecule has 2 aromatic rings. The average molecular weight is 336 g/mol. The van der Waals surface area contributed by atoms with Gasteiger partial charge in [-0.05, 0) is 12.8 Å². The Morgan fingerprint density at radius 2 is 2.26 bits per heavy atom. The number of hydrogen-bond acceptors (Lipinski definition) is 8. The number of aryl methyl sites for hydroxylation is 2. The van der Waals surface area contributed by atoms with Gasteiger partial charge in [0.2, 0.25) is 5.01 Å². The highest BCUT2D eigenvalue weighted by Gasteiger charge is 2.22. The largest absolute Gasteiger partial charge is 0.377 e. The number of rotatable bonds is 8. The molecule has 0 saturated carbocycles. The summed E-state index contributed by atoms with van der Waals surface area (Å²) < 4.78 is 6.65. The van der Waals surface area contributed by atoms with Crippen LogP contribution in [0.5, 0.6) is 0 Å². The van der Waals surface area contributed by atoms with E-state index in [4.69, 9.17) is 4.74 Å². The topological polar surface area (TPSA) is 112 Å². The first-order valence-corrected chi connectivity index (χ1v) is 8.12. The van der Waals surface area contributed by atoms with Crippen molar-refractivity contribution in [3.8, 4) is 0 Å². The van der Waals surface area contributed by atoms with Gasteiger partial charge in [0.25, 0.3) is 5.91 Å². The first kappa shape index (κ1) is 15.7. The molecule has 10 heteroatoms. The second-order valence-corrected chi connectivity index (χ2v) is 6.25. The van der Waals surface area contributed by atoms with Crippen LogP contribution >= 0.6 is 11.3 Å². The molecule has 9 nitrogen and oxygen atoms in total. The number of aldehydes is 1. The van der Waals surface area contributed by atoms with E-state index in [1.165, 1.54) is 11.3 Å². The highest BCUT2D eigenvalue weighted by Crippen LogP contribution is 2.13. The Bertz CT molecular complexity index is 681. The summed E-state index contributed by atoms with van der Waals surface area (Å²) in [5, 5.41) is 19.6. The molecular formula is C13H16N6O3S. The number of nitrogens with zero attached hydrogens (tertiary/aromatic N) is 5. The second kappa shape index (κ2) is 7.38. The number of aromatic nitrogens is 5. The van der Waals surface area contributed by atoms with Crippen LogP contribution in [-0.4, -0.2) is 56.6 Å². The summed E-state index contributed by atoms with van der Waals surface area (Å²) in [4.78, 5) is 22.4. The molecule has 0 atom stereocenters. The molecule has 0 spiro atoms. The predicted molar refractivity (Wildman–Crippen MR) is 80.3 cm³/mol. The fourth-order valence-corrected chi connectivity index (χ4v) is 2.82. The Morgan fingerprint density at radius 3 is 2.96 bits per heavy atom. The van der Waals surface area contributed by atoms with Crippen LogP contribution in [-0.2, 0) is 17.7 Å². The highest BCUT2D eigenvalue weighted by atomic mass is 32.1. The summed E-state index contributed by atoms with van der Waals surface area (Å²) in [5.41, 5.74) is 0.335. The summed E-state index contributed by atoms with van der Waals surface area (Å²) in [6.07, 6.45) is 4.81. The molecule has 1 amide bonds. The monoisotopic (exact) mass is 336 g/mol. The van der Waals surface area contributed by atoms with Crippen molar-refractivity contribution in [2.75, 3.05) is 13.2 Å². The Hall–Kier alpha value is -2.20. The van der Waals surface area contributed by atoms with Crippen molar-refractivity contribution in [3.05, 3.63) is 21.9 Å². The molecule has 122 valence electrons. The number of nitrogens with one attached hydrogen (secondary N) is 1. The minimum Gasteiger partial charge on any atom is -0.377 e. The van der Waals surface area contributed by atoms with Crippen molar-refractivity contribution in [2.45, 2.75) is 31.8 Å². The lowest BCUT2D eigenvalue weighted by molar-refractivity contribution is -0.00347. The zero-order chi connectivity index (χ0) is 16.1. The van der Waals surface area contributed by atoms with Crippen molar-refractivity contribution in [1.29, 1.82) is 0 Å². The van der Waals surface area contributed by atoms with Crippen LogP contribution in [0.1, 0.15) is 38.1 Å². The lowest BCUT2D eigenvalue weighted by Crippen LogP contribution is -2.48. The van der Waals surface area contributed by atoms with Crippen LogP contribution in [0.15, 0.2) is 6.20 Å². The lowest BCUT2D eigenvalue weighted by atomic mass is 10.2. The van der Waals surface area contributed by atoms with E-state index in [9.17, 15) is 9.59 Å². The quantitative estimate of drug-likeness (QED) is 0.537. The predicted octanol–water partition coefficient (Wildman–Crippen LogP) is 0.0936. The molecule has 3 heterocycles. The molecular weight excluding hydrogens is 320 g/mol. The van der Waals surface area contributed by atoms with Crippen molar-refractivity contribution < 1.29 is 14.3 Å². The molecule has 0 aromatic carbocycles. The van der Waals surface area contributed by atoms with Crippen molar-refractivity contribution in [1.82, 2.24) is 30.5 Å². The van der Waals surface area contributed by atoms with Gasteiger partial charge in [-0.2, -0.15) is 0 Å². The summed E-state index contributed by atoms with van der Waals surface area (Å²) in [5.74, 6) is -0.189. The molecule has 3 rings (SSSR count). The molecule has 1 saturated heterocycles. The number of carbonyl (C=O) groups is 2. The highest BCUT2D eigenvalue weighted by molar-refractivity contribution is 7.13. The fraction of sp³-hybridized carbons (Fsp3) is 0.538. The first-order valence-electron chi connectivity index (χ1n) is 7.31. The molecule has 2 aromatic heterocycles. The average Bonchev–Trinajstić information content (AvgIpc) is 3.16. The Labute approximate surface area is 136 Å². The summed E-state index contributed by atoms with van der Waals surface area (Å²) in [6.45, 7) is 1.81. The second-order valence-electron chi connectivity index (χ2n) is 5.19. The molecule has 1 aliphatic heterocycles. The van der Waals surface area contributed by atoms with Crippen molar-refractivity contribution >= 4 is 23.5 Å². The van der Waals surface area contributed by atoms with Gasteiger partial charge in [0.1, 0.15) is 10.7 Å². The summed E-state index contributed by atoms with van der Waals surface area (Å²) in [6, 6.07) is 0.0915. The number of hydrogen-bond donors (Lipinski definition) is 1. The lowest BCUT2D eigenvalue weighted by Gasteiger charge is -2.26. The zero-order valence-electron chi connectivity index (χ0n) is 12.3. The number of amides is 1. The van der Waals surface area contributed by atoms with Gasteiger partial charge in [-0.1, -0.05) is 16.6 Å². The van der Waals surface area contributed by atoms with E-state index in [1.807, 2.05) is 0 Å². The number of unbranched alkanes of at least 4 members (excludes halogenated alkanes) is 1. The molecule has 0 radical (unpaired) electrons. The normalized spacial score (nSPS) is 14.4. The smallest absolute Gasteiger partial charge is 0.282 e. The van der Waals surface area contributed by atoms with Crippen LogP contribution in [0.2, 0.25) is 0 Å². The van der Waals surface area contributed by atoms with E-state index in [-0.39, 0.29) is 11.9 Å². The van der Waals surface area contributed by atoms with Gasteiger partial charge < -0.3 is 10.1 Å². The van der Waals surface area contributed by atoms with Gasteiger partial charge in [0, 0.05) is 13.0 Å². The number of carbonyl (C=O) groups excluding carboxylic acids is 2. The van der Waals surface area contributed by atoms with Gasteiger partial charge in [0.15, 0.2) is 6.29 Å². The molecule has 1 N–H and O–H groups in total. The number of ether oxygens (including phenoxy) is 1. The third-order valence-corrected chi connectivity index (χ3v) is 4.32. The molecule has 0 unspecified atom stereocenters. The molecule has 0 bridgehead atoms. The summed E-state index contributed by atoms with van der Waals surface area (Å²) >= 11 is 1.32.